The quantitative estimate of drug-likeness (QED) is 0.823. The maximum atomic E-state index is 12.2. The highest BCUT2D eigenvalue weighted by molar-refractivity contribution is 6.31. The van der Waals surface area contributed by atoms with Crippen LogP contribution in [0.3, 0.4) is 0 Å². The van der Waals surface area contributed by atoms with E-state index in [2.05, 4.69) is 5.32 Å². The number of nitrogens with one attached hydrogen (secondary N) is 1. The highest BCUT2D eigenvalue weighted by Gasteiger charge is 2.28. The van der Waals surface area contributed by atoms with Gasteiger partial charge in [0.25, 0.3) is 0 Å². The van der Waals surface area contributed by atoms with E-state index in [1.165, 1.54) is 0 Å². The molecule has 0 aliphatic carbocycles. The van der Waals surface area contributed by atoms with Crippen molar-refractivity contribution in [1.29, 1.82) is 0 Å². The zero-order chi connectivity index (χ0) is 13.6. The number of alkyl halides is 3. The van der Waals surface area contributed by atoms with Gasteiger partial charge in [0.2, 0.25) is 0 Å². The van der Waals surface area contributed by atoms with Crippen molar-refractivity contribution in [3.8, 4) is 0 Å². The third kappa shape index (κ3) is 5.74. The van der Waals surface area contributed by atoms with Crippen LogP contribution in [0.4, 0.5) is 13.2 Å². The van der Waals surface area contributed by atoms with E-state index in [4.69, 9.17) is 11.6 Å². The molecule has 1 N–H and O–H groups in total. The molecule has 1 aromatic carbocycles. The molecule has 1 atom stereocenters. The van der Waals surface area contributed by atoms with Gasteiger partial charge in [0.1, 0.15) is 0 Å². The molecule has 0 spiro atoms. The Kier molecular flexibility index (Phi) is 5.96. The predicted molar refractivity (Wildman–Crippen MR) is 67.9 cm³/mol. The van der Waals surface area contributed by atoms with E-state index < -0.39 is 12.6 Å². The molecule has 18 heavy (non-hydrogen) atoms. The fourth-order valence-corrected chi connectivity index (χ4v) is 2.05. The molecular weight excluding hydrogens is 263 g/mol. The van der Waals surface area contributed by atoms with Crippen LogP contribution in [0.15, 0.2) is 24.3 Å². The second-order valence-electron chi connectivity index (χ2n) is 4.20. The minimum Gasteiger partial charge on any atom is -0.314 e. The summed E-state index contributed by atoms with van der Waals surface area (Å²) in [5.41, 5.74) is 0.882. The first-order chi connectivity index (χ1) is 8.42. The van der Waals surface area contributed by atoms with Crippen molar-refractivity contribution in [2.24, 2.45) is 0 Å². The van der Waals surface area contributed by atoms with Crippen molar-refractivity contribution in [3.63, 3.8) is 0 Å². The predicted octanol–water partition coefficient (Wildman–Crippen LogP) is 4.20. The van der Waals surface area contributed by atoms with Crippen LogP contribution in [-0.4, -0.2) is 18.8 Å². The third-order valence-electron chi connectivity index (χ3n) is 2.69. The van der Waals surface area contributed by atoms with Crippen LogP contribution in [0.2, 0.25) is 5.02 Å². The van der Waals surface area contributed by atoms with Gasteiger partial charge in [-0.1, -0.05) is 36.7 Å². The van der Waals surface area contributed by atoms with Crippen molar-refractivity contribution in [2.75, 3.05) is 6.54 Å². The van der Waals surface area contributed by atoms with Crippen molar-refractivity contribution in [3.05, 3.63) is 34.9 Å². The van der Waals surface area contributed by atoms with Gasteiger partial charge in [-0.25, -0.2) is 0 Å². The lowest BCUT2D eigenvalue weighted by molar-refractivity contribution is -0.136. The Hall–Kier alpha value is -0.740. The van der Waals surface area contributed by atoms with Gasteiger partial charge >= 0.3 is 6.18 Å². The molecule has 1 aromatic rings. The van der Waals surface area contributed by atoms with E-state index in [9.17, 15) is 13.2 Å². The average Bonchev–Trinajstić information content (AvgIpc) is 2.28. The van der Waals surface area contributed by atoms with Crippen LogP contribution >= 0.6 is 11.6 Å². The molecule has 0 aliphatic rings. The molecule has 0 amide bonds. The van der Waals surface area contributed by atoms with Gasteiger partial charge in [0, 0.05) is 17.5 Å². The van der Waals surface area contributed by atoms with E-state index in [1.807, 2.05) is 25.1 Å². The SMILES string of the molecule is CCNC(CCC(F)(F)F)Cc1ccccc1Cl. The normalized spacial score (nSPS) is 13.6. The van der Waals surface area contributed by atoms with E-state index >= 15 is 0 Å². The summed E-state index contributed by atoms with van der Waals surface area (Å²) in [6, 6.07) is 7.05. The molecule has 0 aliphatic heterocycles. The topological polar surface area (TPSA) is 12.0 Å². The minimum atomic E-state index is -4.10. The Balaban J connectivity index is 2.60. The molecule has 0 bridgehead atoms. The molecule has 0 saturated heterocycles. The van der Waals surface area contributed by atoms with Crippen LogP contribution in [0, 0.1) is 0 Å². The number of benzene rings is 1. The number of halogens is 4. The maximum Gasteiger partial charge on any atom is 0.389 e. The van der Waals surface area contributed by atoms with Gasteiger partial charge in [0.15, 0.2) is 0 Å². The summed E-state index contributed by atoms with van der Waals surface area (Å²) < 4.78 is 36.7. The highest BCUT2D eigenvalue weighted by atomic mass is 35.5. The molecule has 1 rings (SSSR count). The van der Waals surface area contributed by atoms with Gasteiger partial charge in [-0.3, -0.25) is 0 Å². The van der Waals surface area contributed by atoms with E-state index in [1.54, 1.807) is 6.07 Å². The van der Waals surface area contributed by atoms with Crippen molar-refractivity contribution >= 4 is 11.6 Å². The standard InChI is InChI=1S/C13H17ClF3N/c1-2-18-11(7-8-13(15,16)17)9-10-5-3-4-6-12(10)14/h3-6,11,18H,2,7-9H2,1H3. The summed E-state index contributed by atoms with van der Waals surface area (Å²) in [4.78, 5) is 0. The van der Waals surface area contributed by atoms with E-state index in [-0.39, 0.29) is 12.5 Å². The molecule has 1 nitrogen and oxygen atoms in total. The van der Waals surface area contributed by atoms with Gasteiger partial charge in [-0.15, -0.1) is 0 Å². The largest absolute Gasteiger partial charge is 0.389 e. The van der Waals surface area contributed by atoms with Crippen LogP contribution in [-0.2, 0) is 6.42 Å². The Morgan fingerprint density at radius 3 is 2.50 bits per heavy atom. The number of likely N-dealkylation sites (N-methyl/N-ethyl adjacent to an activating group) is 1. The summed E-state index contributed by atoms with van der Waals surface area (Å²) in [6.45, 7) is 2.53. The van der Waals surface area contributed by atoms with Crippen LogP contribution in [0.5, 0.6) is 0 Å². The average molecular weight is 280 g/mol. The van der Waals surface area contributed by atoms with Gasteiger partial charge in [-0.2, -0.15) is 13.2 Å². The molecule has 0 saturated carbocycles. The molecule has 0 heterocycles. The molecule has 102 valence electrons. The lowest BCUT2D eigenvalue weighted by atomic mass is 10.0. The van der Waals surface area contributed by atoms with Gasteiger partial charge in [-0.05, 0) is 31.0 Å². The summed E-state index contributed by atoms with van der Waals surface area (Å²) in [5, 5.41) is 3.68. The molecule has 1 unspecified atom stereocenters. The molecule has 0 aromatic heterocycles. The second-order valence-corrected chi connectivity index (χ2v) is 4.61. The van der Waals surface area contributed by atoms with Crippen molar-refractivity contribution in [2.45, 2.75) is 38.4 Å². The van der Waals surface area contributed by atoms with E-state index in [0.717, 1.165) is 5.56 Å². The Labute approximate surface area is 110 Å². The van der Waals surface area contributed by atoms with Crippen LogP contribution < -0.4 is 5.32 Å². The lowest BCUT2D eigenvalue weighted by Crippen LogP contribution is -2.32. The van der Waals surface area contributed by atoms with Gasteiger partial charge in [0.05, 0.1) is 0 Å². The monoisotopic (exact) mass is 279 g/mol. The summed E-state index contributed by atoms with van der Waals surface area (Å²) in [5.74, 6) is 0. The fourth-order valence-electron chi connectivity index (χ4n) is 1.83. The maximum absolute atomic E-state index is 12.2. The first-order valence-corrected chi connectivity index (χ1v) is 6.33. The fraction of sp³-hybridized carbons (Fsp3) is 0.538. The number of hydrogen-bond donors (Lipinski definition) is 1. The smallest absolute Gasteiger partial charge is 0.314 e. The zero-order valence-corrected chi connectivity index (χ0v) is 11.0. The third-order valence-corrected chi connectivity index (χ3v) is 3.06. The lowest BCUT2D eigenvalue weighted by Gasteiger charge is -2.19. The van der Waals surface area contributed by atoms with Crippen LogP contribution in [0.25, 0.3) is 0 Å². The first kappa shape index (κ1) is 15.3. The molecule has 5 heteroatoms. The Morgan fingerprint density at radius 1 is 1.28 bits per heavy atom. The Bertz CT molecular complexity index is 365. The number of rotatable bonds is 6. The number of hydrogen-bond acceptors (Lipinski definition) is 1. The summed E-state index contributed by atoms with van der Waals surface area (Å²) in [6.07, 6.45) is -4.28. The summed E-state index contributed by atoms with van der Waals surface area (Å²) >= 11 is 6.01. The van der Waals surface area contributed by atoms with Crippen molar-refractivity contribution < 1.29 is 13.2 Å². The molecule has 0 radical (unpaired) electrons. The Morgan fingerprint density at radius 2 is 1.94 bits per heavy atom. The zero-order valence-electron chi connectivity index (χ0n) is 10.2. The van der Waals surface area contributed by atoms with E-state index in [0.29, 0.717) is 18.0 Å². The van der Waals surface area contributed by atoms with Crippen LogP contribution in [0.1, 0.15) is 25.3 Å². The van der Waals surface area contributed by atoms with Crippen molar-refractivity contribution in [1.82, 2.24) is 5.32 Å². The summed E-state index contributed by atoms with van der Waals surface area (Å²) in [7, 11) is 0. The molecular formula is C13H17ClF3N. The minimum absolute atomic E-state index is 0.0720. The first-order valence-electron chi connectivity index (χ1n) is 5.96. The second kappa shape index (κ2) is 7.00. The highest BCUT2D eigenvalue weighted by Crippen LogP contribution is 2.24. The molecule has 0 fully saturated rings. The van der Waals surface area contributed by atoms with Gasteiger partial charge < -0.3 is 5.32 Å².